The highest BCUT2D eigenvalue weighted by Crippen LogP contribution is 2.32. The number of hydrogen-bond acceptors (Lipinski definition) is 3. The quantitative estimate of drug-likeness (QED) is 0.767. The minimum Gasteiger partial charge on any atom is -0.496 e. The Morgan fingerprint density at radius 1 is 1.22 bits per heavy atom. The Balaban J connectivity index is 2.22. The summed E-state index contributed by atoms with van der Waals surface area (Å²) in [5, 5.41) is 9.44. The van der Waals surface area contributed by atoms with Gasteiger partial charge >= 0.3 is 5.97 Å². The maximum absolute atomic E-state index is 10.6. The van der Waals surface area contributed by atoms with E-state index < -0.39 is 5.97 Å². The number of halogens is 2. The van der Waals surface area contributed by atoms with E-state index in [1.165, 1.54) is 6.08 Å². The van der Waals surface area contributed by atoms with E-state index in [-0.39, 0.29) is 6.61 Å². The van der Waals surface area contributed by atoms with Gasteiger partial charge in [0.15, 0.2) is 0 Å². The summed E-state index contributed by atoms with van der Waals surface area (Å²) < 4.78 is 11.0. The topological polar surface area (TPSA) is 55.8 Å². The summed E-state index contributed by atoms with van der Waals surface area (Å²) in [4.78, 5) is 10.6. The van der Waals surface area contributed by atoms with E-state index >= 15 is 0 Å². The summed E-state index contributed by atoms with van der Waals surface area (Å²) >= 11 is 12.0. The fraction of sp³-hybridized carbons (Fsp3) is 0.118. The average Bonchev–Trinajstić information content (AvgIpc) is 2.54. The lowest BCUT2D eigenvalue weighted by atomic mass is 10.1. The van der Waals surface area contributed by atoms with E-state index in [1.807, 2.05) is 0 Å². The largest absolute Gasteiger partial charge is 0.496 e. The molecule has 0 aliphatic heterocycles. The van der Waals surface area contributed by atoms with Gasteiger partial charge in [-0.15, -0.1) is 0 Å². The van der Waals surface area contributed by atoms with Gasteiger partial charge in [0.25, 0.3) is 0 Å². The van der Waals surface area contributed by atoms with Gasteiger partial charge in [-0.05, 0) is 35.9 Å². The summed E-state index contributed by atoms with van der Waals surface area (Å²) in [7, 11) is 1.55. The van der Waals surface area contributed by atoms with Crippen molar-refractivity contribution in [3.8, 4) is 11.5 Å². The lowest BCUT2D eigenvalue weighted by Crippen LogP contribution is -2.00. The van der Waals surface area contributed by atoms with Crippen LogP contribution in [0.3, 0.4) is 0 Å². The molecule has 0 saturated carbocycles. The number of rotatable bonds is 6. The van der Waals surface area contributed by atoms with E-state index in [0.29, 0.717) is 21.5 Å². The molecule has 0 spiro atoms. The van der Waals surface area contributed by atoms with Crippen molar-refractivity contribution in [2.45, 2.75) is 6.61 Å². The number of methoxy groups -OCH3 is 1. The van der Waals surface area contributed by atoms with Crippen LogP contribution < -0.4 is 9.47 Å². The predicted octanol–water partition coefficient (Wildman–Crippen LogP) is 4.68. The number of hydrogen-bond donors (Lipinski definition) is 1. The van der Waals surface area contributed by atoms with Gasteiger partial charge in [0, 0.05) is 11.6 Å². The van der Waals surface area contributed by atoms with Crippen LogP contribution in [0.4, 0.5) is 0 Å². The molecule has 0 saturated heterocycles. The monoisotopic (exact) mass is 352 g/mol. The lowest BCUT2D eigenvalue weighted by Gasteiger charge is -2.12. The summed E-state index contributed by atoms with van der Waals surface area (Å²) in [5.74, 6) is 0.0904. The first kappa shape index (κ1) is 17.2. The third-order valence-electron chi connectivity index (χ3n) is 3.02. The van der Waals surface area contributed by atoms with Crippen LogP contribution >= 0.6 is 23.2 Å². The van der Waals surface area contributed by atoms with Crippen molar-refractivity contribution in [3.63, 3.8) is 0 Å². The smallest absolute Gasteiger partial charge is 0.328 e. The van der Waals surface area contributed by atoms with Crippen molar-refractivity contribution in [1.82, 2.24) is 0 Å². The second-order valence-electron chi connectivity index (χ2n) is 4.58. The van der Waals surface area contributed by atoms with E-state index in [4.69, 9.17) is 37.8 Å². The number of carboxylic acids is 1. The molecule has 0 fully saturated rings. The number of ether oxygens (including phenoxy) is 2. The van der Waals surface area contributed by atoms with Crippen LogP contribution in [0.15, 0.2) is 42.5 Å². The molecule has 0 aliphatic carbocycles. The molecule has 23 heavy (non-hydrogen) atoms. The van der Waals surface area contributed by atoms with Crippen molar-refractivity contribution < 1.29 is 19.4 Å². The molecule has 0 bridgehead atoms. The van der Waals surface area contributed by atoms with Gasteiger partial charge in [-0.1, -0.05) is 35.3 Å². The first-order chi connectivity index (χ1) is 11.0. The Labute approximate surface area is 143 Å². The van der Waals surface area contributed by atoms with Gasteiger partial charge in [-0.25, -0.2) is 4.79 Å². The van der Waals surface area contributed by atoms with Crippen molar-refractivity contribution in [3.05, 3.63) is 63.6 Å². The summed E-state index contributed by atoms with van der Waals surface area (Å²) in [6, 6.07) is 10.4. The fourth-order valence-electron chi connectivity index (χ4n) is 1.93. The highest BCUT2D eigenvalue weighted by Gasteiger charge is 2.09. The Kier molecular flexibility index (Phi) is 5.90. The van der Waals surface area contributed by atoms with Gasteiger partial charge in [0.05, 0.1) is 12.1 Å². The number of benzene rings is 2. The van der Waals surface area contributed by atoms with Crippen LogP contribution in [0.2, 0.25) is 10.0 Å². The van der Waals surface area contributed by atoms with Gasteiger partial charge in [0.1, 0.15) is 23.1 Å². The van der Waals surface area contributed by atoms with Crippen LogP contribution in [-0.2, 0) is 11.4 Å². The minimum absolute atomic E-state index is 0.206. The molecule has 0 aromatic heterocycles. The maximum Gasteiger partial charge on any atom is 0.328 e. The molecule has 0 amide bonds. The van der Waals surface area contributed by atoms with Crippen LogP contribution in [0, 0.1) is 0 Å². The van der Waals surface area contributed by atoms with Crippen molar-refractivity contribution >= 4 is 35.2 Å². The minimum atomic E-state index is -1.01. The summed E-state index contributed by atoms with van der Waals surface area (Å²) in [6.45, 7) is 0.206. The van der Waals surface area contributed by atoms with Gasteiger partial charge in [0.2, 0.25) is 0 Å². The first-order valence-electron chi connectivity index (χ1n) is 6.66. The van der Waals surface area contributed by atoms with Gasteiger partial charge < -0.3 is 14.6 Å². The molecule has 6 heteroatoms. The van der Waals surface area contributed by atoms with Crippen LogP contribution in [0.25, 0.3) is 6.08 Å². The normalized spacial score (nSPS) is 10.7. The third-order valence-corrected chi connectivity index (χ3v) is 3.82. The SMILES string of the molecule is COc1ccc(/C=C/C(=O)O)cc1COc1cccc(Cl)c1Cl. The number of carboxylic acid groups (broad SMARTS) is 1. The molecule has 4 nitrogen and oxygen atoms in total. The molecule has 2 rings (SSSR count). The number of carbonyl (C=O) groups is 1. The number of aliphatic carboxylic acids is 1. The summed E-state index contributed by atoms with van der Waals surface area (Å²) in [5.41, 5.74) is 1.49. The van der Waals surface area contributed by atoms with Crippen molar-refractivity contribution in [2.75, 3.05) is 7.11 Å². The Hall–Kier alpha value is -2.17. The van der Waals surface area contributed by atoms with E-state index in [2.05, 4.69) is 0 Å². The molecular weight excluding hydrogens is 339 g/mol. The van der Waals surface area contributed by atoms with Crippen molar-refractivity contribution in [2.24, 2.45) is 0 Å². The zero-order valence-corrected chi connectivity index (χ0v) is 13.8. The molecule has 1 N–H and O–H groups in total. The van der Waals surface area contributed by atoms with Gasteiger partial charge in [-0.3, -0.25) is 0 Å². The Morgan fingerprint density at radius 2 is 2.00 bits per heavy atom. The summed E-state index contributed by atoms with van der Waals surface area (Å²) in [6.07, 6.45) is 2.57. The Morgan fingerprint density at radius 3 is 2.70 bits per heavy atom. The average molecular weight is 353 g/mol. The standard InChI is InChI=1S/C17H14Cl2O4/c1-22-14-7-5-11(6-8-16(20)21)9-12(14)10-23-15-4-2-3-13(18)17(15)19/h2-9H,10H2,1H3,(H,20,21)/b8-6+. The van der Waals surface area contributed by atoms with E-state index in [9.17, 15) is 4.79 Å². The predicted molar refractivity (Wildman–Crippen MR) is 90.5 cm³/mol. The van der Waals surface area contributed by atoms with Crippen LogP contribution in [0.1, 0.15) is 11.1 Å². The molecule has 0 unspecified atom stereocenters. The second-order valence-corrected chi connectivity index (χ2v) is 5.37. The van der Waals surface area contributed by atoms with Crippen LogP contribution in [0.5, 0.6) is 11.5 Å². The zero-order chi connectivity index (χ0) is 16.8. The van der Waals surface area contributed by atoms with Gasteiger partial charge in [-0.2, -0.15) is 0 Å². The third kappa shape index (κ3) is 4.65. The van der Waals surface area contributed by atoms with Crippen LogP contribution in [-0.4, -0.2) is 18.2 Å². The highest BCUT2D eigenvalue weighted by molar-refractivity contribution is 6.42. The molecule has 120 valence electrons. The molecular formula is C17H14Cl2O4. The maximum atomic E-state index is 10.6. The molecule has 0 atom stereocenters. The first-order valence-corrected chi connectivity index (χ1v) is 7.41. The lowest BCUT2D eigenvalue weighted by molar-refractivity contribution is -0.131. The molecule has 2 aromatic rings. The fourth-order valence-corrected chi connectivity index (χ4v) is 2.28. The second kappa shape index (κ2) is 7.90. The molecule has 0 radical (unpaired) electrons. The van der Waals surface area contributed by atoms with E-state index in [0.717, 1.165) is 17.2 Å². The zero-order valence-electron chi connectivity index (χ0n) is 12.3. The Bertz CT molecular complexity index is 741. The molecule has 0 heterocycles. The van der Waals surface area contributed by atoms with Crippen molar-refractivity contribution in [1.29, 1.82) is 0 Å². The molecule has 0 aliphatic rings. The highest BCUT2D eigenvalue weighted by atomic mass is 35.5. The molecule has 2 aromatic carbocycles. The van der Waals surface area contributed by atoms with E-state index in [1.54, 1.807) is 43.5 Å².